The summed E-state index contributed by atoms with van der Waals surface area (Å²) in [6, 6.07) is 18.3. The first-order valence-electron chi connectivity index (χ1n) is 11.5. The van der Waals surface area contributed by atoms with Crippen molar-refractivity contribution in [2.45, 2.75) is 13.5 Å². The van der Waals surface area contributed by atoms with Crippen LogP contribution < -0.4 is 9.47 Å². The smallest absolute Gasteiger partial charge is 0.507 e. The molecule has 0 aliphatic carbocycles. The van der Waals surface area contributed by atoms with Crippen molar-refractivity contribution >= 4 is 51.0 Å². The van der Waals surface area contributed by atoms with Gasteiger partial charge in [0.05, 0.1) is 43.1 Å². The van der Waals surface area contributed by atoms with E-state index in [1.165, 1.54) is 13.2 Å². The summed E-state index contributed by atoms with van der Waals surface area (Å²) in [5, 5.41) is 11.8. The molecule has 10 heteroatoms. The Labute approximate surface area is 214 Å². The van der Waals surface area contributed by atoms with Crippen molar-refractivity contribution in [2.75, 3.05) is 13.7 Å². The predicted molar refractivity (Wildman–Crippen MR) is 140 cm³/mol. The summed E-state index contributed by atoms with van der Waals surface area (Å²) in [5.74, 6) is 0.622. The average Bonchev–Trinajstić information content (AvgIpc) is 3.58. The molecule has 0 unspecified atom stereocenters. The molecule has 0 saturated heterocycles. The van der Waals surface area contributed by atoms with Crippen molar-refractivity contribution in [3.05, 3.63) is 66.2 Å². The van der Waals surface area contributed by atoms with Crippen molar-refractivity contribution in [1.29, 1.82) is 0 Å². The normalized spacial score (nSPS) is 11.4. The number of aromatic hydroxyl groups is 1. The van der Waals surface area contributed by atoms with Crippen LogP contribution in [0.25, 0.3) is 44.2 Å². The molecule has 3 heterocycles. The topological polar surface area (TPSA) is 109 Å². The molecule has 0 amide bonds. The van der Waals surface area contributed by atoms with E-state index in [1.54, 1.807) is 19.1 Å². The first kappa shape index (κ1) is 22.9. The molecular formula is C27H21N3O6S. The molecule has 37 heavy (non-hydrogen) atoms. The number of furan rings is 1. The van der Waals surface area contributed by atoms with Gasteiger partial charge in [-0.15, -0.1) is 0 Å². The number of hydrogen-bond acceptors (Lipinski definition) is 9. The number of rotatable bonds is 6. The van der Waals surface area contributed by atoms with Crippen LogP contribution >= 0.6 is 11.7 Å². The van der Waals surface area contributed by atoms with E-state index in [0.29, 0.717) is 34.6 Å². The minimum absolute atomic E-state index is 0.0532. The lowest BCUT2D eigenvalue weighted by Gasteiger charge is -2.13. The largest absolute Gasteiger partial charge is 0.515 e. The van der Waals surface area contributed by atoms with Gasteiger partial charge in [0.1, 0.15) is 28.1 Å². The molecule has 0 saturated carbocycles. The van der Waals surface area contributed by atoms with Crippen LogP contribution in [0.15, 0.2) is 65.1 Å². The highest BCUT2D eigenvalue weighted by molar-refractivity contribution is 7.00. The summed E-state index contributed by atoms with van der Waals surface area (Å²) >= 11 is 1.15. The molecule has 1 N–H and O–H groups in total. The average molecular weight is 516 g/mol. The van der Waals surface area contributed by atoms with Gasteiger partial charge in [-0.3, -0.25) is 0 Å². The molecular weight excluding hydrogens is 494 g/mol. The van der Waals surface area contributed by atoms with Crippen LogP contribution in [0.3, 0.4) is 0 Å². The number of carbonyl (C=O) groups excluding carboxylic acids is 1. The summed E-state index contributed by atoms with van der Waals surface area (Å²) < 4.78 is 32.9. The SMILES string of the molecule is CCOC(=O)Oc1c(-c2ccc(OC)cc2O)c2oc3ccccc3c2n1Cc1ccc2nsnc2c1. The van der Waals surface area contributed by atoms with E-state index < -0.39 is 6.16 Å². The third-order valence-electron chi connectivity index (χ3n) is 6.10. The fraction of sp³-hybridized carbons (Fsp3) is 0.148. The fourth-order valence-electron chi connectivity index (χ4n) is 4.48. The maximum Gasteiger partial charge on any atom is 0.515 e. The Morgan fingerprint density at radius 2 is 1.92 bits per heavy atom. The van der Waals surface area contributed by atoms with Crippen LogP contribution in [-0.4, -0.2) is 38.3 Å². The van der Waals surface area contributed by atoms with Gasteiger partial charge >= 0.3 is 6.16 Å². The van der Waals surface area contributed by atoms with Crippen LogP contribution in [0, 0.1) is 0 Å². The van der Waals surface area contributed by atoms with Crippen molar-refractivity contribution in [3.63, 3.8) is 0 Å². The van der Waals surface area contributed by atoms with Gasteiger partial charge in [-0.1, -0.05) is 18.2 Å². The predicted octanol–water partition coefficient (Wildman–Crippen LogP) is 6.36. The number of phenolic OH excluding ortho intramolecular Hbond substituents is 1. The lowest BCUT2D eigenvalue weighted by molar-refractivity contribution is 0.101. The number of aromatic nitrogens is 3. The molecule has 0 spiro atoms. The monoisotopic (exact) mass is 515 g/mol. The van der Waals surface area contributed by atoms with Gasteiger partial charge in [-0.25, -0.2) is 4.79 Å². The number of phenols is 1. The number of ether oxygens (including phenoxy) is 3. The van der Waals surface area contributed by atoms with Gasteiger partial charge in [0.15, 0.2) is 5.58 Å². The van der Waals surface area contributed by atoms with E-state index in [0.717, 1.165) is 39.2 Å². The van der Waals surface area contributed by atoms with E-state index >= 15 is 0 Å². The number of benzene rings is 3. The first-order chi connectivity index (χ1) is 18.1. The minimum atomic E-state index is -0.860. The van der Waals surface area contributed by atoms with E-state index in [9.17, 15) is 9.90 Å². The molecule has 3 aromatic carbocycles. The Morgan fingerprint density at radius 3 is 2.73 bits per heavy atom. The Balaban J connectivity index is 1.64. The molecule has 3 aromatic heterocycles. The number of nitrogens with zero attached hydrogens (tertiary/aromatic N) is 3. The lowest BCUT2D eigenvalue weighted by Crippen LogP contribution is -2.14. The first-order valence-corrected chi connectivity index (χ1v) is 12.3. The molecule has 0 atom stereocenters. The molecule has 0 aliphatic heterocycles. The second kappa shape index (κ2) is 9.14. The highest BCUT2D eigenvalue weighted by Gasteiger charge is 2.29. The maximum atomic E-state index is 12.6. The van der Waals surface area contributed by atoms with Crippen molar-refractivity contribution in [3.8, 4) is 28.5 Å². The molecule has 0 fully saturated rings. The molecule has 0 aliphatic rings. The second-order valence-electron chi connectivity index (χ2n) is 8.30. The quantitative estimate of drug-likeness (QED) is 0.255. The summed E-state index contributed by atoms with van der Waals surface area (Å²) in [5.41, 5.74) is 5.21. The number of hydrogen-bond donors (Lipinski definition) is 1. The Kier molecular flexibility index (Phi) is 5.65. The number of fused-ring (bicyclic) bond motifs is 4. The molecule has 9 nitrogen and oxygen atoms in total. The van der Waals surface area contributed by atoms with Crippen LogP contribution in [0.4, 0.5) is 4.79 Å². The second-order valence-corrected chi connectivity index (χ2v) is 8.83. The Hall–Kier alpha value is -4.57. The van der Waals surface area contributed by atoms with E-state index in [4.69, 9.17) is 18.6 Å². The summed E-state index contributed by atoms with van der Waals surface area (Å²) in [7, 11) is 1.52. The standard InChI is InChI=1S/C27H21N3O6S/c1-3-34-27(32)36-26-23(17-10-9-16(33-2)13-21(17)31)25-24(18-6-4-5-7-22(18)35-25)30(26)14-15-8-11-19-20(12-15)29-37-28-19/h4-13,31H,3,14H2,1-2H3. The molecule has 0 radical (unpaired) electrons. The molecule has 6 rings (SSSR count). The third-order valence-corrected chi connectivity index (χ3v) is 6.66. The zero-order valence-electron chi connectivity index (χ0n) is 19.9. The minimum Gasteiger partial charge on any atom is -0.507 e. The van der Waals surface area contributed by atoms with Gasteiger partial charge in [0.2, 0.25) is 5.88 Å². The number of methoxy groups -OCH3 is 1. The van der Waals surface area contributed by atoms with E-state index in [1.807, 2.05) is 47.0 Å². The van der Waals surface area contributed by atoms with Gasteiger partial charge in [-0.2, -0.15) is 8.75 Å². The number of para-hydroxylation sites is 1. The fourth-order valence-corrected chi connectivity index (χ4v) is 5.00. The Morgan fingerprint density at radius 1 is 1.08 bits per heavy atom. The zero-order chi connectivity index (χ0) is 25.5. The number of carbonyl (C=O) groups is 1. The third kappa shape index (κ3) is 3.91. The van der Waals surface area contributed by atoms with Gasteiger partial charge in [0, 0.05) is 17.0 Å². The van der Waals surface area contributed by atoms with E-state index in [-0.39, 0.29) is 18.2 Å². The lowest BCUT2D eigenvalue weighted by atomic mass is 10.1. The van der Waals surface area contributed by atoms with Crippen molar-refractivity contribution in [1.82, 2.24) is 13.3 Å². The summed E-state index contributed by atoms with van der Waals surface area (Å²) in [4.78, 5) is 12.6. The zero-order valence-corrected chi connectivity index (χ0v) is 20.7. The molecule has 6 aromatic rings. The van der Waals surface area contributed by atoms with Crippen molar-refractivity contribution in [2.24, 2.45) is 0 Å². The summed E-state index contributed by atoms with van der Waals surface area (Å²) in [6.07, 6.45) is -0.860. The van der Waals surface area contributed by atoms with Crippen molar-refractivity contribution < 1.29 is 28.5 Å². The van der Waals surface area contributed by atoms with Gasteiger partial charge < -0.3 is 28.3 Å². The van der Waals surface area contributed by atoms with Gasteiger partial charge in [-0.05, 0) is 48.9 Å². The van der Waals surface area contributed by atoms with Crippen LogP contribution in [0.1, 0.15) is 12.5 Å². The highest BCUT2D eigenvalue weighted by Crippen LogP contribution is 2.48. The van der Waals surface area contributed by atoms with Gasteiger partial charge in [0.25, 0.3) is 0 Å². The Bertz CT molecular complexity index is 1780. The van der Waals surface area contributed by atoms with E-state index in [2.05, 4.69) is 8.75 Å². The maximum absolute atomic E-state index is 12.6. The van der Waals surface area contributed by atoms with Crippen LogP contribution in [0.2, 0.25) is 0 Å². The van der Waals surface area contributed by atoms with Crippen LogP contribution in [-0.2, 0) is 11.3 Å². The summed E-state index contributed by atoms with van der Waals surface area (Å²) in [6.45, 7) is 2.18. The van der Waals surface area contributed by atoms with Crippen LogP contribution in [0.5, 0.6) is 17.4 Å². The molecule has 0 bridgehead atoms. The molecule has 186 valence electrons. The highest BCUT2D eigenvalue weighted by atomic mass is 32.1.